The molecule has 1 aliphatic rings. The summed E-state index contributed by atoms with van der Waals surface area (Å²) in [6, 6.07) is 88.6. The highest BCUT2D eigenvalue weighted by atomic mass is 15.0. The van der Waals surface area contributed by atoms with Crippen LogP contribution in [0.2, 0.25) is 0 Å². The molecule has 82 heavy (non-hydrogen) atoms. The summed E-state index contributed by atoms with van der Waals surface area (Å²) in [6.07, 6.45) is 1.51. The van der Waals surface area contributed by atoms with Crippen LogP contribution < -0.4 is 0 Å². The van der Waals surface area contributed by atoms with Crippen molar-refractivity contribution in [3.8, 4) is 62.6 Å². The number of hydrogen-bond acceptors (Lipinski definition) is 2. The van der Waals surface area contributed by atoms with Gasteiger partial charge in [-0.3, -0.25) is 0 Å². The number of benzene rings is 11. The van der Waals surface area contributed by atoms with Crippen LogP contribution in [0.15, 0.2) is 231 Å². The standard InChI is InChI=1S/C77H57N5/c1-47(2)69-71(52-24-19-21-49(41-52)45-78)73(54-43-51-23-11-12-30-57(51)58-37-39-67-74(63(58)44-54)61-32-14-17-35-65(61)80(67)55-26-7-5-8-27-55)72(53-25-20-22-50(42-53)46-79)70(48(3)4)77(69)82-64-34-16-13-31-59(64)60-38-40-68-75(76(60)82)62-33-15-18-36-66(62)81(68)56-28-9-6-10-29-56/h5-42,47-48,54H,43-44H2,1-4H3. The Morgan fingerprint density at radius 2 is 0.890 bits per heavy atom. The average molecular weight is 1050 g/mol. The van der Waals surface area contributed by atoms with E-state index in [2.05, 4.69) is 272 Å². The van der Waals surface area contributed by atoms with E-state index < -0.39 is 0 Å². The van der Waals surface area contributed by atoms with Gasteiger partial charge in [0, 0.05) is 43.7 Å². The number of para-hydroxylation sites is 5. The fourth-order valence-electron chi connectivity index (χ4n) is 14.5. The van der Waals surface area contributed by atoms with Crippen molar-refractivity contribution in [2.24, 2.45) is 0 Å². The van der Waals surface area contributed by atoms with Crippen molar-refractivity contribution in [1.82, 2.24) is 13.7 Å². The number of aromatic nitrogens is 3. The first-order valence-corrected chi connectivity index (χ1v) is 28.8. The topological polar surface area (TPSA) is 62.4 Å². The van der Waals surface area contributed by atoms with Gasteiger partial charge >= 0.3 is 0 Å². The fourth-order valence-corrected chi connectivity index (χ4v) is 14.5. The van der Waals surface area contributed by atoms with Gasteiger partial charge in [0.15, 0.2) is 0 Å². The van der Waals surface area contributed by atoms with Crippen molar-refractivity contribution in [3.05, 3.63) is 269 Å². The molecule has 0 N–H and O–H groups in total. The van der Waals surface area contributed by atoms with E-state index in [9.17, 15) is 10.5 Å². The molecule has 0 saturated heterocycles. The summed E-state index contributed by atoms with van der Waals surface area (Å²) < 4.78 is 7.50. The first kappa shape index (κ1) is 48.9. The van der Waals surface area contributed by atoms with Crippen LogP contribution in [0.4, 0.5) is 0 Å². The van der Waals surface area contributed by atoms with Crippen molar-refractivity contribution in [1.29, 1.82) is 10.5 Å². The Hall–Kier alpha value is -10.2. The van der Waals surface area contributed by atoms with Gasteiger partial charge in [0.25, 0.3) is 0 Å². The molecular weight excluding hydrogens is 995 g/mol. The van der Waals surface area contributed by atoms with E-state index in [0.717, 1.165) is 74.2 Å². The number of hydrogen-bond donors (Lipinski definition) is 0. The lowest BCUT2D eigenvalue weighted by atomic mass is 9.71. The maximum absolute atomic E-state index is 10.9. The summed E-state index contributed by atoms with van der Waals surface area (Å²) >= 11 is 0. The molecule has 3 aromatic heterocycles. The summed E-state index contributed by atoms with van der Waals surface area (Å²) in [7, 11) is 0. The lowest BCUT2D eigenvalue weighted by Gasteiger charge is -2.34. The molecule has 1 aliphatic carbocycles. The highest BCUT2D eigenvalue weighted by Crippen LogP contribution is 2.55. The predicted molar refractivity (Wildman–Crippen MR) is 340 cm³/mol. The molecule has 11 aromatic carbocycles. The summed E-state index contributed by atoms with van der Waals surface area (Å²) in [5.41, 5.74) is 24.7. The monoisotopic (exact) mass is 1050 g/mol. The lowest BCUT2D eigenvalue weighted by Crippen LogP contribution is -2.18. The minimum Gasteiger partial charge on any atom is -0.309 e. The van der Waals surface area contributed by atoms with Crippen LogP contribution in [0, 0.1) is 22.7 Å². The highest BCUT2D eigenvalue weighted by molar-refractivity contribution is 6.26. The normalized spacial score (nSPS) is 13.3. The zero-order valence-electron chi connectivity index (χ0n) is 46.3. The molecule has 0 saturated carbocycles. The van der Waals surface area contributed by atoms with E-state index in [1.54, 1.807) is 0 Å². The Kier molecular flexibility index (Phi) is 11.5. The van der Waals surface area contributed by atoms with Gasteiger partial charge < -0.3 is 13.7 Å². The fraction of sp³-hybridized carbons (Fsp3) is 0.117. The molecule has 0 aliphatic heterocycles. The van der Waals surface area contributed by atoms with Crippen molar-refractivity contribution in [2.75, 3.05) is 0 Å². The second kappa shape index (κ2) is 19.3. The molecule has 5 nitrogen and oxygen atoms in total. The molecule has 0 amide bonds. The molecule has 5 heteroatoms. The molecule has 0 bridgehead atoms. The summed E-state index contributed by atoms with van der Waals surface area (Å²) in [5.74, 6) is -0.0898. The van der Waals surface area contributed by atoms with E-state index in [1.807, 2.05) is 12.1 Å². The Morgan fingerprint density at radius 3 is 1.46 bits per heavy atom. The Balaban J connectivity index is 1.15. The van der Waals surface area contributed by atoms with Gasteiger partial charge in [0.1, 0.15) is 0 Å². The molecule has 0 fully saturated rings. The minimum absolute atomic E-state index is 0.00605. The molecule has 1 unspecified atom stereocenters. The van der Waals surface area contributed by atoms with Gasteiger partial charge in [-0.2, -0.15) is 10.5 Å². The maximum Gasteiger partial charge on any atom is 0.0991 e. The Labute approximate surface area is 477 Å². The maximum atomic E-state index is 10.9. The van der Waals surface area contributed by atoms with Crippen LogP contribution in [-0.2, 0) is 12.8 Å². The quantitative estimate of drug-likeness (QED) is 0.152. The molecular formula is C77H57N5. The summed E-state index contributed by atoms with van der Waals surface area (Å²) in [6.45, 7) is 9.46. The number of nitrogens with zero attached hydrogens (tertiary/aromatic N) is 5. The second-order valence-electron chi connectivity index (χ2n) is 22.9. The van der Waals surface area contributed by atoms with E-state index in [-0.39, 0.29) is 17.8 Å². The Bertz CT molecular complexity index is 4920. The number of fused-ring (bicyclic) bond motifs is 14. The molecule has 3 heterocycles. The molecule has 0 radical (unpaired) electrons. The summed E-state index contributed by atoms with van der Waals surface area (Å²) in [4.78, 5) is 0. The first-order chi connectivity index (χ1) is 40.3. The van der Waals surface area contributed by atoms with Gasteiger partial charge in [-0.1, -0.05) is 179 Å². The number of rotatable bonds is 8. The molecule has 15 rings (SSSR count). The second-order valence-corrected chi connectivity index (χ2v) is 22.9. The Morgan fingerprint density at radius 1 is 0.402 bits per heavy atom. The van der Waals surface area contributed by atoms with E-state index >= 15 is 0 Å². The van der Waals surface area contributed by atoms with Crippen LogP contribution >= 0.6 is 0 Å². The van der Waals surface area contributed by atoms with E-state index in [1.165, 1.54) is 82.3 Å². The van der Waals surface area contributed by atoms with Crippen LogP contribution in [0.3, 0.4) is 0 Å². The molecule has 0 spiro atoms. The van der Waals surface area contributed by atoms with Crippen LogP contribution in [0.25, 0.3) is 116 Å². The van der Waals surface area contributed by atoms with E-state index in [4.69, 9.17) is 0 Å². The number of nitriles is 2. The third-order valence-corrected chi connectivity index (χ3v) is 17.6. The van der Waals surface area contributed by atoms with Gasteiger partial charge in [-0.25, -0.2) is 0 Å². The molecule has 14 aromatic rings. The zero-order valence-corrected chi connectivity index (χ0v) is 46.3. The third kappa shape index (κ3) is 7.37. The highest BCUT2D eigenvalue weighted by Gasteiger charge is 2.37. The van der Waals surface area contributed by atoms with Crippen LogP contribution in [0.5, 0.6) is 0 Å². The SMILES string of the molecule is CC(C)c1c(-c2cccc(C#N)c2)c(C2Cc3ccccc3-c3ccc4c(c3C2)c2ccccc2n4-c2ccccc2)c(-c2cccc(C#N)c2)c(C(C)C)c1-n1c2ccccc2c2ccc3c(c4ccccc4n3-c3ccccc3)c21. The predicted octanol–water partition coefficient (Wildman–Crippen LogP) is 19.9. The van der Waals surface area contributed by atoms with Gasteiger partial charge in [-0.05, 0) is 171 Å². The minimum atomic E-state index is -0.0777. The molecule has 390 valence electrons. The van der Waals surface area contributed by atoms with Gasteiger partial charge in [-0.15, -0.1) is 0 Å². The van der Waals surface area contributed by atoms with Crippen molar-refractivity contribution in [3.63, 3.8) is 0 Å². The largest absolute Gasteiger partial charge is 0.309 e. The van der Waals surface area contributed by atoms with Crippen LogP contribution in [0.1, 0.15) is 84.4 Å². The van der Waals surface area contributed by atoms with Crippen molar-refractivity contribution >= 4 is 65.4 Å². The zero-order chi connectivity index (χ0) is 55.3. The van der Waals surface area contributed by atoms with Gasteiger partial charge in [0.05, 0.1) is 62.1 Å². The lowest BCUT2D eigenvalue weighted by molar-refractivity contribution is 0.687. The van der Waals surface area contributed by atoms with Crippen LogP contribution in [-0.4, -0.2) is 13.7 Å². The summed E-state index contributed by atoms with van der Waals surface area (Å²) in [5, 5.41) is 29.0. The first-order valence-electron chi connectivity index (χ1n) is 28.8. The van der Waals surface area contributed by atoms with Gasteiger partial charge in [0.2, 0.25) is 0 Å². The third-order valence-electron chi connectivity index (χ3n) is 17.6. The molecule has 1 atom stereocenters. The average Bonchev–Trinajstić information content (AvgIpc) is 3.20. The van der Waals surface area contributed by atoms with Crippen molar-refractivity contribution in [2.45, 2.75) is 58.3 Å². The smallest absolute Gasteiger partial charge is 0.0991 e. The van der Waals surface area contributed by atoms with E-state index in [0.29, 0.717) is 11.1 Å². The van der Waals surface area contributed by atoms with Crippen molar-refractivity contribution < 1.29 is 0 Å².